The molecule has 0 fully saturated rings. The second kappa shape index (κ2) is 7.68. The Labute approximate surface area is 137 Å². The highest BCUT2D eigenvalue weighted by Crippen LogP contribution is 2.14. The normalized spacial score (nSPS) is 10.4. The highest BCUT2D eigenvalue weighted by molar-refractivity contribution is 6.02. The van der Waals surface area contributed by atoms with E-state index in [-0.39, 0.29) is 5.69 Å². The number of nitrogens with zero attached hydrogens (tertiary/aromatic N) is 1. The number of nitrogens with one attached hydrogen (secondary N) is 1. The first-order valence-electron chi connectivity index (χ1n) is 6.91. The summed E-state index contributed by atoms with van der Waals surface area (Å²) in [5.41, 5.74) is 1.42. The van der Waals surface area contributed by atoms with Gasteiger partial charge in [0.25, 0.3) is 5.69 Å². The van der Waals surface area contributed by atoms with Crippen LogP contribution in [0.4, 0.5) is 11.4 Å². The Balaban J connectivity index is 2.02. The van der Waals surface area contributed by atoms with Gasteiger partial charge in [-0.25, -0.2) is 4.79 Å². The number of esters is 1. The van der Waals surface area contributed by atoms with Gasteiger partial charge in [-0.3, -0.25) is 14.9 Å². The second-order valence-corrected chi connectivity index (χ2v) is 4.74. The second-order valence-electron chi connectivity index (χ2n) is 4.74. The van der Waals surface area contributed by atoms with Gasteiger partial charge in [0.2, 0.25) is 5.91 Å². The first kappa shape index (κ1) is 16.9. The molecule has 1 amide bonds. The van der Waals surface area contributed by atoms with E-state index in [9.17, 15) is 19.7 Å². The lowest BCUT2D eigenvalue weighted by atomic mass is 10.2. The van der Waals surface area contributed by atoms with Crippen molar-refractivity contribution >= 4 is 29.3 Å². The summed E-state index contributed by atoms with van der Waals surface area (Å²) in [7, 11) is 1.28. The molecule has 0 unspecified atom stereocenters. The third-order valence-corrected chi connectivity index (χ3v) is 3.08. The zero-order valence-electron chi connectivity index (χ0n) is 12.8. The summed E-state index contributed by atoms with van der Waals surface area (Å²) < 4.78 is 4.61. The molecule has 0 saturated carbocycles. The van der Waals surface area contributed by atoms with Crippen molar-refractivity contribution < 1.29 is 19.2 Å². The number of hydrogen-bond acceptors (Lipinski definition) is 5. The van der Waals surface area contributed by atoms with Crippen molar-refractivity contribution in [3.05, 3.63) is 75.8 Å². The van der Waals surface area contributed by atoms with E-state index in [1.807, 2.05) is 0 Å². The van der Waals surface area contributed by atoms with Gasteiger partial charge in [-0.05, 0) is 42.0 Å². The Morgan fingerprint density at radius 3 is 2.50 bits per heavy atom. The van der Waals surface area contributed by atoms with Crippen LogP contribution in [0.3, 0.4) is 0 Å². The minimum Gasteiger partial charge on any atom is -0.465 e. The van der Waals surface area contributed by atoms with Gasteiger partial charge in [-0.15, -0.1) is 0 Å². The number of carbonyl (C=O) groups is 2. The van der Waals surface area contributed by atoms with Crippen LogP contribution in [0.15, 0.2) is 54.6 Å². The molecule has 7 heteroatoms. The van der Waals surface area contributed by atoms with Gasteiger partial charge in [0, 0.05) is 23.9 Å². The van der Waals surface area contributed by atoms with Crippen molar-refractivity contribution in [3.8, 4) is 0 Å². The first-order valence-corrected chi connectivity index (χ1v) is 6.91. The number of nitro benzene ring substituents is 1. The fourth-order valence-corrected chi connectivity index (χ4v) is 1.90. The van der Waals surface area contributed by atoms with Crippen molar-refractivity contribution in [3.63, 3.8) is 0 Å². The van der Waals surface area contributed by atoms with Gasteiger partial charge >= 0.3 is 5.97 Å². The molecule has 0 aliphatic rings. The van der Waals surface area contributed by atoms with Gasteiger partial charge < -0.3 is 10.1 Å². The Bertz CT molecular complexity index is 797. The number of methoxy groups -OCH3 is 1. The molecule has 24 heavy (non-hydrogen) atoms. The lowest BCUT2D eigenvalue weighted by Gasteiger charge is -2.04. The molecule has 122 valence electrons. The molecule has 0 heterocycles. The third-order valence-electron chi connectivity index (χ3n) is 3.08. The van der Waals surface area contributed by atoms with Crippen molar-refractivity contribution in [2.24, 2.45) is 0 Å². The first-order chi connectivity index (χ1) is 11.5. The molecule has 2 rings (SSSR count). The van der Waals surface area contributed by atoms with Crippen molar-refractivity contribution in [2.45, 2.75) is 0 Å². The Morgan fingerprint density at radius 1 is 1.17 bits per heavy atom. The average Bonchev–Trinajstić information content (AvgIpc) is 2.59. The quantitative estimate of drug-likeness (QED) is 0.394. The average molecular weight is 326 g/mol. The van der Waals surface area contributed by atoms with Crippen molar-refractivity contribution in [2.75, 3.05) is 12.4 Å². The smallest absolute Gasteiger partial charge is 0.337 e. The van der Waals surface area contributed by atoms with Gasteiger partial charge in [0.05, 0.1) is 17.6 Å². The van der Waals surface area contributed by atoms with Crippen LogP contribution in [0.1, 0.15) is 15.9 Å². The van der Waals surface area contributed by atoms with Crippen LogP contribution in [0.2, 0.25) is 0 Å². The lowest BCUT2D eigenvalue weighted by molar-refractivity contribution is -0.384. The summed E-state index contributed by atoms with van der Waals surface area (Å²) in [6.45, 7) is 0. The van der Waals surface area contributed by atoms with Crippen LogP contribution >= 0.6 is 0 Å². The minimum atomic E-state index is -0.493. The highest BCUT2D eigenvalue weighted by Gasteiger charge is 2.07. The van der Waals surface area contributed by atoms with E-state index in [2.05, 4.69) is 10.1 Å². The van der Waals surface area contributed by atoms with E-state index in [1.165, 1.54) is 37.5 Å². The number of amides is 1. The van der Waals surface area contributed by atoms with E-state index in [0.29, 0.717) is 16.8 Å². The number of benzene rings is 2. The van der Waals surface area contributed by atoms with E-state index < -0.39 is 16.8 Å². The zero-order chi connectivity index (χ0) is 17.5. The van der Waals surface area contributed by atoms with Crippen LogP contribution in [-0.2, 0) is 9.53 Å². The topological polar surface area (TPSA) is 98.5 Å². The van der Waals surface area contributed by atoms with Gasteiger partial charge in [-0.2, -0.15) is 0 Å². The molecule has 0 aliphatic carbocycles. The summed E-state index contributed by atoms with van der Waals surface area (Å²) in [5, 5.41) is 13.2. The monoisotopic (exact) mass is 326 g/mol. The predicted octanol–water partition coefficient (Wildman–Crippen LogP) is 3.03. The number of carbonyl (C=O) groups excluding carboxylic acids is 2. The summed E-state index contributed by atoms with van der Waals surface area (Å²) >= 11 is 0. The number of rotatable bonds is 5. The number of nitro groups is 1. The molecule has 0 bridgehead atoms. The van der Waals surface area contributed by atoms with Gasteiger partial charge in [0.1, 0.15) is 0 Å². The molecule has 0 aromatic heterocycles. The molecular formula is C17H14N2O5. The Hall–Kier alpha value is -3.48. The van der Waals surface area contributed by atoms with Crippen molar-refractivity contribution in [1.82, 2.24) is 0 Å². The molecule has 0 atom stereocenters. The Morgan fingerprint density at radius 2 is 1.88 bits per heavy atom. The summed E-state index contributed by atoms with van der Waals surface area (Å²) in [6.07, 6.45) is 2.83. The summed E-state index contributed by atoms with van der Waals surface area (Å²) in [4.78, 5) is 33.4. The minimum absolute atomic E-state index is 0.0174. The summed E-state index contributed by atoms with van der Waals surface area (Å²) in [5.74, 6) is -0.886. The molecule has 7 nitrogen and oxygen atoms in total. The van der Waals surface area contributed by atoms with Crippen molar-refractivity contribution in [1.29, 1.82) is 0 Å². The van der Waals surface area contributed by atoms with Crippen LogP contribution < -0.4 is 5.32 Å². The SMILES string of the molecule is COC(=O)c1cccc(NC(=O)/C=C/c2ccc([N+](=O)[O-])cc2)c1. The van der Waals surface area contributed by atoms with E-state index in [0.717, 1.165) is 0 Å². The predicted molar refractivity (Wildman–Crippen MR) is 88.5 cm³/mol. The fourth-order valence-electron chi connectivity index (χ4n) is 1.90. The molecule has 2 aromatic carbocycles. The molecule has 2 aromatic rings. The standard InChI is InChI=1S/C17H14N2O5/c1-24-17(21)13-3-2-4-14(11-13)18-16(20)10-7-12-5-8-15(9-6-12)19(22)23/h2-11H,1H3,(H,18,20)/b10-7+. The number of ether oxygens (including phenoxy) is 1. The number of anilines is 1. The van der Waals surface area contributed by atoms with E-state index >= 15 is 0 Å². The molecular weight excluding hydrogens is 312 g/mol. The van der Waals surface area contributed by atoms with Gasteiger partial charge in [0.15, 0.2) is 0 Å². The molecule has 0 spiro atoms. The lowest BCUT2D eigenvalue weighted by Crippen LogP contribution is -2.09. The molecule has 0 aliphatic heterocycles. The highest BCUT2D eigenvalue weighted by atomic mass is 16.6. The fraction of sp³-hybridized carbons (Fsp3) is 0.0588. The summed E-state index contributed by atoms with van der Waals surface area (Å²) in [6, 6.07) is 12.2. The number of hydrogen-bond donors (Lipinski definition) is 1. The maximum absolute atomic E-state index is 11.9. The van der Waals surface area contributed by atoms with Crippen LogP contribution in [0.5, 0.6) is 0 Å². The molecule has 0 radical (unpaired) electrons. The van der Waals surface area contributed by atoms with Crippen LogP contribution in [0.25, 0.3) is 6.08 Å². The van der Waals surface area contributed by atoms with Crippen LogP contribution in [-0.4, -0.2) is 23.9 Å². The molecule has 1 N–H and O–H groups in total. The third kappa shape index (κ3) is 4.51. The zero-order valence-corrected chi connectivity index (χ0v) is 12.8. The van der Waals surface area contributed by atoms with E-state index in [1.54, 1.807) is 30.3 Å². The largest absolute Gasteiger partial charge is 0.465 e. The van der Waals surface area contributed by atoms with Gasteiger partial charge in [-0.1, -0.05) is 6.07 Å². The van der Waals surface area contributed by atoms with E-state index in [4.69, 9.17) is 0 Å². The molecule has 0 saturated heterocycles. The van der Waals surface area contributed by atoms with Crippen LogP contribution in [0, 0.1) is 10.1 Å². The Kier molecular flexibility index (Phi) is 5.40. The maximum atomic E-state index is 11.9. The maximum Gasteiger partial charge on any atom is 0.337 e. The number of non-ortho nitro benzene ring substituents is 1.